The molecule has 0 radical (unpaired) electrons. The first-order valence-electron chi connectivity index (χ1n) is 11.1. The molecule has 1 fully saturated rings. The molecule has 1 saturated carbocycles. The van der Waals surface area contributed by atoms with Gasteiger partial charge in [0, 0.05) is 5.56 Å². The molecule has 0 saturated heterocycles. The van der Waals surface area contributed by atoms with Crippen molar-refractivity contribution in [3.63, 3.8) is 0 Å². The minimum absolute atomic E-state index is 0.153. The highest BCUT2D eigenvalue weighted by Crippen LogP contribution is 2.36. The molecule has 1 aliphatic carbocycles. The van der Waals surface area contributed by atoms with Gasteiger partial charge in [0.1, 0.15) is 5.82 Å². The molecule has 0 amide bonds. The maximum absolute atomic E-state index is 14.9. The molecule has 0 heterocycles. The van der Waals surface area contributed by atoms with E-state index in [1.807, 2.05) is 12.1 Å². The van der Waals surface area contributed by atoms with Crippen LogP contribution in [0.1, 0.15) is 63.0 Å². The van der Waals surface area contributed by atoms with E-state index in [0.717, 1.165) is 35.4 Å². The van der Waals surface area contributed by atoms with Crippen LogP contribution in [0, 0.1) is 11.7 Å². The van der Waals surface area contributed by atoms with Crippen LogP contribution in [0.25, 0.3) is 22.3 Å². The van der Waals surface area contributed by atoms with Crippen molar-refractivity contribution in [2.45, 2.75) is 58.3 Å². The fourth-order valence-electron chi connectivity index (χ4n) is 4.61. The number of benzene rings is 3. The van der Waals surface area contributed by atoms with Gasteiger partial charge in [0.25, 0.3) is 0 Å². The predicted molar refractivity (Wildman–Crippen MR) is 122 cm³/mol. The summed E-state index contributed by atoms with van der Waals surface area (Å²) in [4.78, 5) is 0. The predicted octanol–water partition coefficient (Wildman–Crippen LogP) is 8.41. The Morgan fingerprint density at radius 3 is 2.00 bits per heavy atom. The molecule has 0 atom stereocenters. The molecule has 0 aliphatic heterocycles. The molecular weight excluding hydrogens is 355 g/mol. The van der Waals surface area contributed by atoms with Crippen molar-refractivity contribution >= 4 is 0 Å². The van der Waals surface area contributed by atoms with Gasteiger partial charge in [-0.15, -0.1) is 0 Å². The van der Waals surface area contributed by atoms with E-state index in [4.69, 9.17) is 0 Å². The van der Waals surface area contributed by atoms with Gasteiger partial charge in [-0.05, 0) is 65.0 Å². The standard InChI is InChI=1S/C28H31F/c1-3-4-21-7-11-24(12-8-21)26-17-18-27(28(29)19-26)25-15-13-23(14-16-25)22-9-5-20(2)6-10-22/h7-8,11-20,22H,3-6,9-10H2,1-2H3. The second-order valence-electron chi connectivity index (χ2n) is 8.72. The highest BCUT2D eigenvalue weighted by Gasteiger charge is 2.19. The average molecular weight is 387 g/mol. The molecule has 3 aromatic carbocycles. The maximum Gasteiger partial charge on any atom is 0.131 e. The molecule has 3 aromatic rings. The lowest BCUT2D eigenvalue weighted by Gasteiger charge is -2.26. The Hall–Kier alpha value is -2.41. The van der Waals surface area contributed by atoms with Gasteiger partial charge >= 0.3 is 0 Å². The van der Waals surface area contributed by atoms with Crippen molar-refractivity contribution in [2.24, 2.45) is 5.92 Å². The monoisotopic (exact) mass is 386 g/mol. The van der Waals surface area contributed by atoms with Crippen molar-refractivity contribution in [3.05, 3.63) is 83.7 Å². The molecule has 0 spiro atoms. The summed E-state index contributed by atoms with van der Waals surface area (Å²) in [7, 11) is 0. The van der Waals surface area contributed by atoms with Gasteiger partial charge < -0.3 is 0 Å². The van der Waals surface area contributed by atoms with Crippen LogP contribution in [0.15, 0.2) is 66.7 Å². The topological polar surface area (TPSA) is 0 Å². The summed E-state index contributed by atoms with van der Waals surface area (Å²) in [5.41, 5.74) is 6.38. The van der Waals surface area contributed by atoms with Crippen molar-refractivity contribution in [3.8, 4) is 22.3 Å². The van der Waals surface area contributed by atoms with Crippen LogP contribution in [0.4, 0.5) is 4.39 Å². The van der Waals surface area contributed by atoms with E-state index in [0.29, 0.717) is 11.5 Å². The second-order valence-corrected chi connectivity index (χ2v) is 8.72. The van der Waals surface area contributed by atoms with Gasteiger partial charge in [-0.1, -0.05) is 93.8 Å². The van der Waals surface area contributed by atoms with E-state index >= 15 is 0 Å². The zero-order valence-electron chi connectivity index (χ0n) is 17.6. The molecule has 0 bridgehead atoms. The molecule has 0 nitrogen and oxygen atoms in total. The maximum atomic E-state index is 14.9. The summed E-state index contributed by atoms with van der Waals surface area (Å²) < 4.78 is 14.9. The first kappa shape index (κ1) is 19.9. The normalized spacial score (nSPS) is 19.3. The van der Waals surface area contributed by atoms with E-state index in [9.17, 15) is 4.39 Å². The Bertz CT molecular complexity index is 929. The third kappa shape index (κ3) is 4.61. The minimum atomic E-state index is -0.153. The molecule has 29 heavy (non-hydrogen) atoms. The van der Waals surface area contributed by atoms with E-state index < -0.39 is 0 Å². The average Bonchev–Trinajstić information content (AvgIpc) is 2.75. The van der Waals surface area contributed by atoms with Crippen molar-refractivity contribution in [2.75, 3.05) is 0 Å². The van der Waals surface area contributed by atoms with E-state index in [-0.39, 0.29) is 5.82 Å². The molecule has 0 aromatic heterocycles. The number of halogens is 1. The molecular formula is C28H31F. The summed E-state index contributed by atoms with van der Waals surface area (Å²) in [5, 5.41) is 0. The zero-order valence-corrected chi connectivity index (χ0v) is 17.6. The lowest BCUT2D eigenvalue weighted by atomic mass is 9.79. The van der Waals surface area contributed by atoms with Crippen LogP contribution >= 0.6 is 0 Å². The third-order valence-electron chi connectivity index (χ3n) is 6.50. The van der Waals surface area contributed by atoms with Gasteiger partial charge in [-0.3, -0.25) is 0 Å². The third-order valence-corrected chi connectivity index (χ3v) is 6.50. The lowest BCUT2D eigenvalue weighted by Crippen LogP contribution is -2.10. The quantitative estimate of drug-likeness (QED) is 0.413. The van der Waals surface area contributed by atoms with E-state index in [1.54, 1.807) is 6.07 Å². The summed E-state index contributed by atoms with van der Waals surface area (Å²) >= 11 is 0. The molecule has 0 unspecified atom stereocenters. The Balaban J connectivity index is 1.51. The summed E-state index contributed by atoms with van der Waals surface area (Å²) in [6, 6.07) is 22.7. The summed E-state index contributed by atoms with van der Waals surface area (Å²) in [6.07, 6.45) is 7.43. The Morgan fingerprint density at radius 1 is 0.759 bits per heavy atom. The van der Waals surface area contributed by atoms with Gasteiger partial charge in [-0.25, -0.2) is 4.39 Å². The zero-order chi connectivity index (χ0) is 20.2. The first-order chi connectivity index (χ1) is 14.1. The van der Waals surface area contributed by atoms with Gasteiger partial charge in [-0.2, -0.15) is 0 Å². The van der Waals surface area contributed by atoms with E-state index in [1.165, 1.54) is 36.8 Å². The van der Waals surface area contributed by atoms with Crippen LogP contribution in [0.5, 0.6) is 0 Å². The first-order valence-corrected chi connectivity index (χ1v) is 11.1. The molecule has 1 aliphatic rings. The minimum Gasteiger partial charge on any atom is -0.206 e. The summed E-state index contributed by atoms with van der Waals surface area (Å²) in [6.45, 7) is 4.54. The highest BCUT2D eigenvalue weighted by molar-refractivity contribution is 5.71. The molecule has 0 N–H and O–H groups in total. The fourth-order valence-corrected chi connectivity index (χ4v) is 4.61. The summed E-state index contributed by atoms with van der Waals surface area (Å²) in [5.74, 6) is 1.38. The van der Waals surface area contributed by atoms with Crippen LogP contribution in [0.2, 0.25) is 0 Å². The van der Waals surface area contributed by atoms with E-state index in [2.05, 4.69) is 62.4 Å². The Labute approximate surface area is 174 Å². The number of aryl methyl sites for hydroxylation is 1. The second kappa shape index (κ2) is 8.95. The number of hydrogen-bond donors (Lipinski definition) is 0. The fraction of sp³-hybridized carbons (Fsp3) is 0.357. The van der Waals surface area contributed by atoms with Crippen LogP contribution in [-0.2, 0) is 6.42 Å². The largest absolute Gasteiger partial charge is 0.206 e. The van der Waals surface area contributed by atoms with Crippen LogP contribution in [-0.4, -0.2) is 0 Å². The van der Waals surface area contributed by atoms with Crippen molar-refractivity contribution in [1.82, 2.24) is 0 Å². The number of hydrogen-bond acceptors (Lipinski definition) is 0. The molecule has 150 valence electrons. The van der Waals surface area contributed by atoms with Gasteiger partial charge in [0.05, 0.1) is 0 Å². The SMILES string of the molecule is CCCc1ccc(-c2ccc(-c3ccc(C4CCC(C)CC4)cc3)c(F)c2)cc1. The Morgan fingerprint density at radius 2 is 1.38 bits per heavy atom. The number of rotatable bonds is 5. The molecule has 4 rings (SSSR count). The van der Waals surface area contributed by atoms with Crippen molar-refractivity contribution in [1.29, 1.82) is 0 Å². The van der Waals surface area contributed by atoms with Gasteiger partial charge in [0.15, 0.2) is 0 Å². The van der Waals surface area contributed by atoms with Gasteiger partial charge in [0.2, 0.25) is 0 Å². The molecule has 1 heteroatoms. The smallest absolute Gasteiger partial charge is 0.131 e. The Kier molecular flexibility index (Phi) is 6.13. The van der Waals surface area contributed by atoms with Crippen LogP contribution in [0.3, 0.4) is 0 Å². The van der Waals surface area contributed by atoms with Crippen LogP contribution < -0.4 is 0 Å². The highest BCUT2D eigenvalue weighted by atomic mass is 19.1. The lowest BCUT2D eigenvalue weighted by molar-refractivity contribution is 0.348. The van der Waals surface area contributed by atoms with Crippen molar-refractivity contribution < 1.29 is 4.39 Å².